The van der Waals surface area contributed by atoms with Crippen LogP contribution in [0, 0.1) is 5.82 Å². The third-order valence-electron chi connectivity index (χ3n) is 1.96. The molecular weight excluding hydrogens is 249 g/mol. The van der Waals surface area contributed by atoms with Crippen LogP contribution in [0.3, 0.4) is 0 Å². The molecular formula is C9H14FN3O3S. The molecule has 0 aliphatic rings. The summed E-state index contributed by atoms with van der Waals surface area (Å²) in [5, 5.41) is 0. The number of hydrogen-bond donors (Lipinski definition) is 2. The third kappa shape index (κ3) is 4.00. The van der Waals surface area contributed by atoms with Gasteiger partial charge in [0.15, 0.2) is 0 Å². The number of nitrogens with two attached hydrogens (primary N) is 1. The van der Waals surface area contributed by atoms with Gasteiger partial charge in [-0.1, -0.05) is 0 Å². The number of sulfonamides is 1. The molecule has 3 N–H and O–H groups in total. The van der Waals surface area contributed by atoms with Crippen LogP contribution in [0.2, 0.25) is 0 Å². The lowest BCUT2D eigenvalue weighted by molar-refractivity contribution is 0.177. The van der Waals surface area contributed by atoms with Gasteiger partial charge < -0.3 is 10.5 Å². The zero-order valence-electron chi connectivity index (χ0n) is 9.26. The molecule has 1 heterocycles. The minimum atomic E-state index is -3.83. The number of hydrogen-bond acceptors (Lipinski definition) is 5. The predicted molar refractivity (Wildman–Crippen MR) is 59.2 cm³/mol. The average molecular weight is 263 g/mol. The van der Waals surface area contributed by atoms with E-state index in [4.69, 9.17) is 10.5 Å². The van der Waals surface area contributed by atoms with Gasteiger partial charge in [0.1, 0.15) is 10.7 Å². The first-order chi connectivity index (χ1) is 7.99. The summed E-state index contributed by atoms with van der Waals surface area (Å²) in [7, 11) is -2.40. The van der Waals surface area contributed by atoms with Crippen LogP contribution in [0.5, 0.6) is 0 Å². The Morgan fingerprint density at radius 3 is 2.82 bits per heavy atom. The molecule has 1 aromatic heterocycles. The van der Waals surface area contributed by atoms with E-state index in [1.54, 1.807) is 0 Å². The van der Waals surface area contributed by atoms with Gasteiger partial charge in [-0.05, 0) is 6.07 Å². The molecule has 6 nitrogen and oxygen atoms in total. The smallest absolute Gasteiger partial charge is 0.242 e. The monoisotopic (exact) mass is 263 g/mol. The average Bonchev–Trinajstić information content (AvgIpc) is 2.28. The molecule has 1 atom stereocenters. The fourth-order valence-electron chi connectivity index (χ4n) is 1.18. The number of nitrogens with zero attached hydrogens (tertiary/aromatic N) is 1. The van der Waals surface area contributed by atoms with Gasteiger partial charge in [-0.2, -0.15) is 0 Å². The van der Waals surface area contributed by atoms with E-state index in [-0.39, 0.29) is 18.0 Å². The molecule has 0 aromatic carbocycles. The van der Waals surface area contributed by atoms with Crippen molar-refractivity contribution in [3.05, 3.63) is 24.3 Å². The number of nitrogens with one attached hydrogen (secondary N) is 1. The summed E-state index contributed by atoms with van der Waals surface area (Å²) in [6, 6.07) is 0.323. The Hall–Kier alpha value is -1.09. The van der Waals surface area contributed by atoms with E-state index in [1.165, 1.54) is 7.11 Å². The Kier molecular flexibility index (Phi) is 4.94. The molecule has 1 rings (SSSR count). The van der Waals surface area contributed by atoms with E-state index in [9.17, 15) is 12.8 Å². The lowest BCUT2D eigenvalue weighted by Crippen LogP contribution is -2.43. The highest BCUT2D eigenvalue weighted by atomic mass is 32.2. The summed E-state index contributed by atoms with van der Waals surface area (Å²) in [4.78, 5) is 3.23. The Morgan fingerprint density at radius 1 is 1.59 bits per heavy atom. The first-order valence-corrected chi connectivity index (χ1v) is 6.30. The maximum Gasteiger partial charge on any atom is 0.242 e. The van der Waals surface area contributed by atoms with Crippen LogP contribution in [0.15, 0.2) is 23.4 Å². The van der Waals surface area contributed by atoms with Gasteiger partial charge in [-0.15, -0.1) is 0 Å². The van der Waals surface area contributed by atoms with Crippen molar-refractivity contribution in [2.24, 2.45) is 5.73 Å². The number of methoxy groups -OCH3 is 1. The van der Waals surface area contributed by atoms with Crippen LogP contribution >= 0.6 is 0 Å². The van der Waals surface area contributed by atoms with Crippen molar-refractivity contribution in [2.75, 3.05) is 20.3 Å². The molecule has 0 aliphatic heterocycles. The van der Waals surface area contributed by atoms with Crippen LogP contribution < -0.4 is 10.5 Å². The van der Waals surface area contributed by atoms with E-state index in [0.717, 1.165) is 18.5 Å². The first kappa shape index (κ1) is 14.0. The molecule has 8 heteroatoms. The number of ether oxygens (including phenoxy) is 1. The lowest BCUT2D eigenvalue weighted by atomic mass is 10.3. The minimum Gasteiger partial charge on any atom is -0.383 e. The Labute approximate surface area is 99.0 Å². The highest BCUT2D eigenvalue weighted by Crippen LogP contribution is 2.08. The molecule has 0 aliphatic carbocycles. The zero-order chi connectivity index (χ0) is 12.9. The number of halogens is 1. The second-order valence-electron chi connectivity index (χ2n) is 3.35. The lowest BCUT2D eigenvalue weighted by Gasteiger charge is -2.15. The van der Waals surface area contributed by atoms with E-state index in [2.05, 4.69) is 9.71 Å². The largest absolute Gasteiger partial charge is 0.383 e. The Bertz CT molecular complexity index is 466. The highest BCUT2D eigenvalue weighted by molar-refractivity contribution is 7.89. The van der Waals surface area contributed by atoms with Crippen LogP contribution in [0.1, 0.15) is 0 Å². The fourth-order valence-corrected chi connectivity index (χ4v) is 2.38. The maximum absolute atomic E-state index is 12.9. The van der Waals surface area contributed by atoms with Crippen LogP contribution in [-0.2, 0) is 14.8 Å². The molecule has 0 bridgehead atoms. The molecule has 0 spiro atoms. The topological polar surface area (TPSA) is 94.3 Å². The fraction of sp³-hybridized carbons (Fsp3) is 0.444. The van der Waals surface area contributed by atoms with E-state index < -0.39 is 21.9 Å². The molecule has 0 amide bonds. The van der Waals surface area contributed by atoms with E-state index in [1.807, 2.05) is 0 Å². The van der Waals surface area contributed by atoms with Crippen molar-refractivity contribution in [2.45, 2.75) is 10.9 Å². The molecule has 17 heavy (non-hydrogen) atoms. The summed E-state index contributed by atoms with van der Waals surface area (Å²) >= 11 is 0. The Morgan fingerprint density at radius 2 is 2.29 bits per heavy atom. The van der Waals surface area contributed by atoms with Gasteiger partial charge in [0.25, 0.3) is 0 Å². The molecule has 1 unspecified atom stereocenters. The standard InChI is InChI=1S/C9H14FN3O3S/c1-16-6-8(3-11)13-17(14,15)9-2-7(10)4-12-5-9/h2,4-5,8,13H,3,6,11H2,1H3. The summed E-state index contributed by atoms with van der Waals surface area (Å²) in [6.45, 7) is 0.217. The van der Waals surface area contributed by atoms with Crippen molar-refractivity contribution in [1.29, 1.82) is 0 Å². The van der Waals surface area contributed by atoms with Crippen molar-refractivity contribution in [1.82, 2.24) is 9.71 Å². The number of aromatic nitrogens is 1. The molecule has 0 saturated carbocycles. The second-order valence-corrected chi connectivity index (χ2v) is 5.06. The zero-order valence-corrected chi connectivity index (χ0v) is 10.1. The SMILES string of the molecule is COCC(CN)NS(=O)(=O)c1cncc(F)c1. The summed E-state index contributed by atoms with van der Waals surface area (Å²) in [5.74, 6) is -0.719. The normalized spacial score (nSPS) is 13.6. The number of rotatable bonds is 6. The van der Waals surface area contributed by atoms with Gasteiger partial charge in [-0.25, -0.2) is 17.5 Å². The first-order valence-electron chi connectivity index (χ1n) is 4.81. The van der Waals surface area contributed by atoms with Crippen molar-refractivity contribution in [3.8, 4) is 0 Å². The maximum atomic E-state index is 12.9. The summed E-state index contributed by atoms with van der Waals surface area (Å²) in [6.07, 6.45) is 1.99. The van der Waals surface area contributed by atoms with E-state index in [0.29, 0.717) is 0 Å². The Balaban J connectivity index is 2.88. The third-order valence-corrected chi connectivity index (χ3v) is 3.45. The summed E-state index contributed by atoms with van der Waals surface area (Å²) in [5.41, 5.74) is 5.38. The molecule has 96 valence electrons. The summed E-state index contributed by atoms with van der Waals surface area (Å²) < 4.78 is 43.6. The van der Waals surface area contributed by atoms with Crippen molar-refractivity contribution < 1.29 is 17.5 Å². The quantitative estimate of drug-likeness (QED) is 0.719. The minimum absolute atomic E-state index is 0.0792. The second kappa shape index (κ2) is 6.01. The van der Waals surface area contributed by atoms with E-state index >= 15 is 0 Å². The van der Waals surface area contributed by atoms with Crippen molar-refractivity contribution in [3.63, 3.8) is 0 Å². The molecule has 0 fully saturated rings. The predicted octanol–water partition coefficient (Wildman–Crippen LogP) is -0.527. The van der Waals surface area contributed by atoms with Gasteiger partial charge in [0.2, 0.25) is 10.0 Å². The van der Waals surface area contributed by atoms with Crippen LogP contribution in [-0.4, -0.2) is 39.7 Å². The highest BCUT2D eigenvalue weighted by Gasteiger charge is 2.19. The van der Waals surface area contributed by atoms with Crippen LogP contribution in [0.25, 0.3) is 0 Å². The molecule has 0 radical (unpaired) electrons. The van der Waals surface area contributed by atoms with Gasteiger partial charge in [-0.3, -0.25) is 4.98 Å². The van der Waals surface area contributed by atoms with Gasteiger partial charge >= 0.3 is 0 Å². The van der Waals surface area contributed by atoms with Crippen LogP contribution in [0.4, 0.5) is 4.39 Å². The molecule has 1 aromatic rings. The van der Waals surface area contributed by atoms with Gasteiger partial charge in [0.05, 0.1) is 18.8 Å². The molecule has 0 saturated heterocycles. The number of pyridine rings is 1. The van der Waals surface area contributed by atoms with Crippen molar-refractivity contribution >= 4 is 10.0 Å². The van der Waals surface area contributed by atoms with Gasteiger partial charge in [0, 0.05) is 19.9 Å².